The normalized spacial score (nSPS) is 14.5. The molecule has 0 radical (unpaired) electrons. The van der Waals surface area contributed by atoms with Crippen LogP contribution < -0.4 is 5.32 Å². The summed E-state index contributed by atoms with van der Waals surface area (Å²) >= 11 is 0. The molecule has 3 rings (SSSR count). The molecule has 1 aliphatic rings. The van der Waals surface area contributed by atoms with Crippen LogP contribution in [0, 0.1) is 5.82 Å². The topological polar surface area (TPSA) is 86.8 Å². The van der Waals surface area contributed by atoms with Crippen molar-refractivity contribution in [1.29, 1.82) is 0 Å². The van der Waals surface area contributed by atoms with Crippen molar-refractivity contribution in [3.63, 3.8) is 0 Å². The van der Waals surface area contributed by atoms with Crippen LogP contribution in [-0.4, -0.2) is 52.1 Å². The molecule has 1 heterocycles. The molecule has 0 bridgehead atoms. The highest BCUT2D eigenvalue weighted by molar-refractivity contribution is 6.21. The molecule has 8 heteroatoms. The SMILES string of the molecule is CC[C@@H](C)NC(=O)[C@@H](C)N(Cc1ccccc1F)C(=O)CCCN1C(=O)c2ccccc2C1=O. The van der Waals surface area contributed by atoms with E-state index in [2.05, 4.69) is 5.32 Å². The number of carbonyl (C=O) groups excluding carboxylic acids is 4. The van der Waals surface area contributed by atoms with Crippen LogP contribution >= 0.6 is 0 Å². The molecular formula is C26H30FN3O4. The summed E-state index contributed by atoms with van der Waals surface area (Å²) in [4.78, 5) is 53.4. The zero-order chi connectivity index (χ0) is 24.8. The monoisotopic (exact) mass is 467 g/mol. The minimum absolute atomic E-state index is 0.00279. The van der Waals surface area contributed by atoms with Gasteiger partial charge in [0.25, 0.3) is 11.8 Å². The van der Waals surface area contributed by atoms with Gasteiger partial charge in [0.2, 0.25) is 11.8 Å². The van der Waals surface area contributed by atoms with E-state index in [-0.39, 0.29) is 55.6 Å². The van der Waals surface area contributed by atoms with Crippen molar-refractivity contribution in [2.24, 2.45) is 0 Å². The second-order valence-corrected chi connectivity index (χ2v) is 8.52. The molecule has 0 saturated heterocycles. The number of nitrogens with one attached hydrogen (secondary N) is 1. The van der Waals surface area contributed by atoms with Crippen molar-refractivity contribution in [3.8, 4) is 0 Å². The van der Waals surface area contributed by atoms with Crippen LogP contribution in [0.5, 0.6) is 0 Å². The van der Waals surface area contributed by atoms with Gasteiger partial charge in [0.05, 0.1) is 11.1 Å². The number of benzene rings is 2. The lowest BCUT2D eigenvalue weighted by molar-refractivity contribution is -0.141. The number of hydrogen-bond acceptors (Lipinski definition) is 4. The Bertz CT molecular complexity index is 1050. The first-order chi connectivity index (χ1) is 16.2. The van der Waals surface area contributed by atoms with E-state index in [0.29, 0.717) is 16.7 Å². The Morgan fingerprint density at radius 2 is 1.59 bits per heavy atom. The molecule has 1 aliphatic heterocycles. The van der Waals surface area contributed by atoms with E-state index in [4.69, 9.17) is 0 Å². The first-order valence-electron chi connectivity index (χ1n) is 11.5. The quantitative estimate of drug-likeness (QED) is 0.542. The van der Waals surface area contributed by atoms with Crippen LogP contribution in [0.3, 0.4) is 0 Å². The summed E-state index contributed by atoms with van der Waals surface area (Å²) in [5.74, 6) is -1.89. The van der Waals surface area contributed by atoms with Gasteiger partial charge < -0.3 is 10.2 Å². The lowest BCUT2D eigenvalue weighted by atomic mass is 10.1. The number of imide groups is 1. The molecule has 7 nitrogen and oxygen atoms in total. The summed E-state index contributed by atoms with van der Waals surface area (Å²) in [5.41, 5.74) is 1.02. The average Bonchev–Trinajstić information content (AvgIpc) is 3.07. The van der Waals surface area contributed by atoms with Gasteiger partial charge in [-0.2, -0.15) is 0 Å². The van der Waals surface area contributed by atoms with Gasteiger partial charge >= 0.3 is 0 Å². The van der Waals surface area contributed by atoms with E-state index in [1.54, 1.807) is 49.4 Å². The Labute approximate surface area is 198 Å². The maximum absolute atomic E-state index is 14.3. The fraction of sp³-hybridized carbons (Fsp3) is 0.385. The number of amides is 4. The summed E-state index contributed by atoms with van der Waals surface area (Å²) in [6.45, 7) is 5.44. The fourth-order valence-corrected chi connectivity index (χ4v) is 3.83. The largest absolute Gasteiger partial charge is 0.352 e. The van der Waals surface area contributed by atoms with Gasteiger partial charge in [-0.3, -0.25) is 24.1 Å². The van der Waals surface area contributed by atoms with Crippen LogP contribution in [0.15, 0.2) is 48.5 Å². The molecule has 2 atom stereocenters. The lowest BCUT2D eigenvalue weighted by Crippen LogP contribution is -2.49. The first kappa shape index (κ1) is 25.1. The molecule has 2 aromatic carbocycles. The molecule has 34 heavy (non-hydrogen) atoms. The average molecular weight is 468 g/mol. The third-order valence-corrected chi connectivity index (χ3v) is 6.12. The first-order valence-corrected chi connectivity index (χ1v) is 11.5. The van der Waals surface area contributed by atoms with Gasteiger partial charge in [0, 0.05) is 31.1 Å². The van der Waals surface area contributed by atoms with Crippen molar-refractivity contribution in [2.45, 2.75) is 58.7 Å². The Kier molecular flexibility index (Phi) is 8.15. The van der Waals surface area contributed by atoms with Crippen molar-refractivity contribution >= 4 is 23.6 Å². The van der Waals surface area contributed by atoms with E-state index < -0.39 is 11.9 Å². The highest BCUT2D eigenvalue weighted by Crippen LogP contribution is 2.23. The molecule has 0 aliphatic carbocycles. The summed E-state index contributed by atoms with van der Waals surface area (Å²) in [7, 11) is 0. The second kappa shape index (κ2) is 11.0. The predicted octanol–water partition coefficient (Wildman–Crippen LogP) is 3.53. The standard InChI is InChI=1S/C26H30FN3O4/c1-4-17(2)28-24(32)18(3)30(16-19-10-5-8-13-22(19)27)23(31)14-9-15-29-25(33)20-11-6-7-12-21(20)26(29)34/h5-8,10-13,17-18H,4,9,14-16H2,1-3H3,(H,28,32)/t17-,18-/m1/s1. The summed E-state index contributed by atoms with van der Waals surface area (Å²) < 4.78 is 14.3. The van der Waals surface area contributed by atoms with Gasteiger partial charge in [-0.05, 0) is 44.9 Å². The molecule has 180 valence electrons. The van der Waals surface area contributed by atoms with Gasteiger partial charge in [-0.25, -0.2) is 4.39 Å². The van der Waals surface area contributed by atoms with E-state index in [9.17, 15) is 23.6 Å². The fourth-order valence-electron chi connectivity index (χ4n) is 3.83. The Hall–Kier alpha value is -3.55. The number of fused-ring (bicyclic) bond motifs is 1. The lowest BCUT2D eigenvalue weighted by Gasteiger charge is -2.30. The zero-order valence-electron chi connectivity index (χ0n) is 19.7. The highest BCUT2D eigenvalue weighted by atomic mass is 19.1. The number of carbonyl (C=O) groups is 4. The predicted molar refractivity (Wildman–Crippen MR) is 125 cm³/mol. The van der Waals surface area contributed by atoms with Gasteiger partial charge in [0.15, 0.2) is 0 Å². The molecule has 4 amide bonds. The zero-order valence-corrected chi connectivity index (χ0v) is 19.7. The van der Waals surface area contributed by atoms with Crippen LogP contribution in [0.4, 0.5) is 4.39 Å². The Morgan fingerprint density at radius 3 is 2.18 bits per heavy atom. The summed E-state index contributed by atoms with van der Waals surface area (Å²) in [6.07, 6.45) is 0.973. The van der Waals surface area contributed by atoms with Crippen molar-refractivity contribution in [1.82, 2.24) is 15.1 Å². The molecule has 0 fully saturated rings. The van der Waals surface area contributed by atoms with E-state index in [0.717, 1.165) is 11.3 Å². The molecule has 2 aromatic rings. The van der Waals surface area contributed by atoms with Crippen LogP contribution in [0.2, 0.25) is 0 Å². The Morgan fingerprint density at radius 1 is 1.00 bits per heavy atom. The molecule has 1 N–H and O–H groups in total. The third kappa shape index (κ3) is 5.50. The Balaban J connectivity index is 1.68. The van der Waals surface area contributed by atoms with Crippen LogP contribution in [-0.2, 0) is 16.1 Å². The van der Waals surface area contributed by atoms with Gasteiger partial charge in [-0.1, -0.05) is 37.3 Å². The minimum Gasteiger partial charge on any atom is -0.352 e. The number of rotatable bonds is 10. The number of nitrogens with zero attached hydrogens (tertiary/aromatic N) is 2. The van der Waals surface area contributed by atoms with E-state index in [1.165, 1.54) is 11.0 Å². The van der Waals surface area contributed by atoms with E-state index in [1.807, 2.05) is 13.8 Å². The molecule has 0 spiro atoms. The summed E-state index contributed by atoms with van der Waals surface area (Å²) in [6, 6.07) is 11.8. The third-order valence-electron chi connectivity index (χ3n) is 6.12. The minimum atomic E-state index is -0.819. The van der Waals surface area contributed by atoms with Crippen LogP contribution in [0.1, 0.15) is 66.3 Å². The van der Waals surface area contributed by atoms with Crippen molar-refractivity contribution < 1.29 is 23.6 Å². The molecule has 0 saturated carbocycles. The molecule has 0 unspecified atom stereocenters. The highest BCUT2D eigenvalue weighted by Gasteiger charge is 2.35. The molecule has 0 aromatic heterocycles. The van der Waals surface area contributed by atoms with Gasteiger partial charge in [-0.15, -0.1) is 0 Å². The molecular weight excluding hydrogens is 437 g/mol. The number of hydrogen-bond donors (Lipinski definition) is 1. The van der Waals surface area contributed by atoms with Crippen LogP contribution in [0.25, 0.3) is 0 Å². The smallest absolute Gasteiger partial charge is 0.261 e. The second-order valence-electron chi connectivity index (χ2n) is 8.52. The summed E-state index contributed by atoms with van der Waals surface area (Å²) in [5, 5.41) is 2.86. The van der Waals surface area contributed by atoms with E-state index >= 15 is 0 Å². The maximum atomic E-state index is 14.3. The van der Waals surface area contributed by atoms with Crippen molar-refractivity contribution in [3.05, 3.63) is 71.0 Å². The number of halogens is 1. The van der Waals surface area contributed by atoms with Crippen molar-refractivity contribution in [2.75, 3.05) is 6.54 Å². The van der Waals surface area contributed by atoms with Gasteiger partial charge in [0.1, 0.15) is 11.9 Å². The maximum Gasteiger partial charge on any atom is 0.261 e.